The Morgan fingerprint density at radius 1 is 1.21 bits per heavy atom. The first-order valence-corrected chi connectivity index (χ1v) is 9.17. The first kappa shape index (κ1) is 17.4. The second-order valence-electron chi connectivity index (χ2n) is 6.41. The maximum Gasteiger partial charge on any atom is 0.268 e. The van der Waals surface area contributed by atoms with Gasteiger partial charge in [0.05, 0.1) is 34.4 Å². The molecule has 29 heavy (non-hydrogen) atoms. The Morgan fingerprint density at radius 2 is 2.10 bits per heavy atom. The molecule has 4 aromatic heterocycles. The molecule has 10 heteroatoms. The molecule has 5 rings (SSSR count). The number of aromatic amines is 1. The van der Waals surface area contributed by atoms with Gasteiger partial charge in [-0.1, -0.05) is 17.7 Å². The van der Waals surface area contributed by atoms with E-state index in [0.717, 1.165) is 0 Å². The van der Waals surface area contributed by atoms with E-state index < -0.39 is 6.04 Å². The van der Waals surface area contributed by atoms with Crippen molar-refractivity contribution in [2.75, 3.05) is 5.32 Å². The molecule has 0 spiro atoms. The number of anilines is 1. The Balaban J connectivity index is 1.70. The maximum absolute atomic E-state index is 13.3. The minimum absolute atomic E-state index is 0.292. The van der Waals surface area contributed by atoms with Gasteiger partial charge in [-0.3, -0.25) is 9.89 Å². The Hall–Kier alpha value is -3.72. The highest BCUT2D eigenvalue weighted by Gasteiger charge is 2.21. The van der Waals surface area contributed by atoms with E-state index in [1.165, 1.54) is 10.9 Å². The number of nitrogens with one attached hydrogen (secondary N) is 2. The van der Waals surface area contributed by atoms with Crippen molar-refractivity contribution in [1.29, 1.82) is 0 Å². The maximum atomic E-state index is 13.3. The fraction of sp³-hybridized carbons (Fsp3) is 0.105. The van der Waals surface area contributed by atoms with Crippen LogP contribution < -0.4 is 10.9 Å². The molecule has 0 bridgehead atoms. The molecule has 4 heterocycles. The Morgan fingerprint density at radius 3 is 2.93 bits per heavy atom. The van der Waals surface area contributed by atoms with Gasteiger partial charge in [0.15, 0.2) is 11.4 Å². The van der Waals surface area contributed by atoms with Crippen LogP contribution in [0.2, 0.25) is 5.02 Å². The van der Waals surface area contributed by atoms with Crippen LogP contribution in [-0.4, -0.2) is 29.7 Å². The van der Waals surface area contributed by atoms with Crippen LogP contribution in [0.5, 0.6) is 0 Å². The highest BCUT2D eigenvalue weighted by molar-refractivity contribution is 6.35. The number of nitrogens with zero attached hydrogens (tertiary/aromatic N) is 5. The van der Waals surface area contributed by atoms with Gasteiger partial charge in [-0.25, -0.2) is 19.5 Å². The van der Waals surface area contributed by atoms with Gasteiger partial charge in [-0.2, -0.15) is 5.10 Å². The lowest BCUT2D eigenvalue weighted by Crippen LogP contribution is -2.28. The lowest BCUT2D eigenvalue weighted by atomic mass is 10.2. The summed E-state index contributed by atoms with van der Waals surface area (Å²) in [6.45, 7) is 1.88. The summed E-state index contributed by atoms with van der Waals surface area (Å²) in [5, 5.41) is 10.7. The summed E-state index contributed by atoms with van der Waals surface area (Å²) in [6, 6.07) is 8.22. The van der Waals surface area contributed by atoms with Gasteiger partial charge in [-0.05, 0) is 19.1 Å². The molecule has 0 saturated heterocycles. The quantitative estimate of drug-likeness (QED) is 0.468. The Labute approximate surface area is 168 Å². The predicted octanol–water partition coefficient (Wildman–Crippen LogP) is 3.47. The third kappa shape index (κ3) is 2.83. The molecular formula is C19H14ClN7O2. The van der Waals surface area contributed by atoms with E-state index in [-0.39, 0.29) is 5.56 Å². The van der Waals surface area contributed by atoms with Crippen molar-refractivity contribution in [3.8, 4) is 5.82 Å². The van der Waals surface area contributed by atoms with Crippen LogP contribution in [0.25, 0.3) is 27.8 Å². The third-order valence-corrected chi connectivity index (χ3v) is 4.90. The van der Waals surface area contributed by atoms with E-state index in [1.807, 2.05) is 6.92 Å². The SMILES string of the molecule is CC(Nc1ncnc2ccoc12)c1nc2cccc(Cl)c2c(=O)n1-c1ccn[nH]1. The molecule has 1 unspecified atom stereocenters. The van der Waals surface area contributed by atoms with E-state index in [9.17, 15) is 4.79 Å². The number of aromatic nitrogens is 6. The van der Waals surface area contributed by atoms with Crippen LogP contribution in [-0.2, 0) is 0 Å². The first-order valence-electron chi connectivity index (χ1n) is 8.79. The molecule has 0 fully saturated rings. The van der Waals surface area contributed by atoms with Crippen LogP contribution in [0, 0.1) is 0 Å². The summed E-state index contributed by atoms with van der Waals surface area (Å²) < 4.78 is 6.95. The molecule has 1 aromatic carbocycles. The van der Waals surface area contributed by atoms with Gasteiger partial charge < -0.3 is 9.73 Å². The zero-order valence-corrected chi connectivity index (χ0v) is 15.9. The van der Waals surface area contributed by atoms with Gasteiger partial charge in [0.25, 0.3) is 5.56 Å². The van der Waals surface area contributed by atoms with E-state index in [2.05, 4.69) is 25.5 Å². The number of rotatable bonds is 4. The van der Waals surface area contributed by atoms with E-state index in [4.69, 9.17) is 21.0 Å². The van der Waals surface area contributed by atoms with Gasteiger partial charge in [-0.15, -0.1) is 0 Å². The summed E-state index contributed by atoms with van der Waals surface area (Å²) in [7, 11) is 0. The van der Waals surface area contributed by atoms with Crippen LogP contribution in [0.1, 0.15) is 18.8 Å². The standard InChI is InChI=1S/C19H14ClN7O2/c1-10(24-17-16-13(6-8-29-16)21-9-22-17)18-25-12-4-2-3-11(20)15(12)19(28)27(18)14-5-7-23-26-14/h2-10H,1H3,(H,23,26)(H,21,22,24). The molecule has 0 amide bonds. The molecule has 1 atom stereocenters. The van der Waals surface area contributed by atoms with Crippen LogP contribution in [0.15, 0.2) is 58.3 Å². The topological polar surface area (TPSA) is 115 Å². The summed E-state index contributed by atoms with van der Waals surface area (Å²) in [4.78, 5) is 26.5. The average molecular weight is 408 g/mol. The third-order valence-electron chi connectivity index (χ3n) is 4.58. The highest BCUT2D eigenvalue weighted by Crippen LogP contribution is 2.26. The summed E-state index contributed by atoms with van der Waals surface area (Å²) in [5.41, 5.74) is 1.42. The number of H-pyrrole nitrogens is 1. The minimum Gasteiger partial charge on any atom is -0.459 e. The second kappa shape index (κ2) is 6.71. The Bertz CT molecular complexity index is 1390. The van der Waals surface area contributed by atoms with Gasteiger partial charge in [0.1, 0.15) is 23.5 Å². The molecule has 9 nitrogen and oxygen atoms in total. The molecule has 0 aliphatic heterocycles. The van der Waals surface area contributed by atoms with Crippen LogP contribution >= 0.6 is 11.6 Å². The van der Waals surface area contributed by atoms with Crippen molar-refractivity contribution in [2.45, 2.75) is 13.0 Å². The number of halogens is 1. The number of furan rings is 1. The lowest BCUT2D eigenvalue weighted by molar-refractivity contribution is 0.612. The molecule has 144 valence electrons. The van der Waals surface area contributed by atoms with Crippen molar-refractivity contribution in [3.63, 3.8) is 0 Å². The number of benzene rings is 1. The fourth-order valence-corrected chi connectivity index (χ4v) is 3.51. The van der Waals surface area contributed by atoms with Crippen LogP contribution in [0.3, 0.4) is 0 Å². The van der Waals surface area contributed by atoms with Crippen molar-refractivity contribution in [2.24, 2.45) is 0 Å². The fourth-order valence-electron chi connectivity index (χ4n) is 3.26. The zero-order valence-electron chi connectivity index (χ0n) is 15.1. The van der Waals surface area contributed by atoms with E-state index in [1.54, 1.807) is 42.8 Å². The van der Waals surface area contributed by atoms with Crippen molar-refractivity contribution in [3.05, 3.63) is 70.3 Å². The van der Waals surface area contributed by atoms with E-state index in [0.29, 0.717) is 44.5 Å². The summed E-state index contributed by atoms with van der Waals surface area (Å²) in [6.07, 6.45) is 4.56. The van der Waals surface area contributed by atoms with Gasteiger partial charge in [0.2, 0.25) is 0 Å². The first-order chi connectivity index (χ1) is 14.1. The van der Waals surface area contributed by atoms with Crippen LogP contribution in [0.4, 0.5) is 5.82 Å². The van der Waals surface area contributed by atoms with Crippen molar-refractivity contribution >= 4 is 39.4 Å². The number of hydrogen-bond donors (Lipinski definition) is 2. The predicted molar refractivity (Wildman–Crippen MR) is 108 cm³/mol. The lowest BCUT2D eigenvalue weighted by Gasteiger charge is -2.19. The molecule has 2 N–H and O–H groups in total. The Kier molecular flexibility index (Phi) is 4.02. The van der Waals surface area contributed by atoms with E-state index >= 15 is 0 Å². The highest BCUT2D eigenvalue weighted by atomic mass is 35.5. The molecule has 5 aromatic rings. The normalized spacial score (nSPS) is 12.5. The molecule has 0 aliphatic carbocycles. The van der Waals surface area contributed by atoms with Crippen molar-refractivity contribution < 1.29 is 4.42 Å². The second-order valence-corrected chi connectivity index (χ2v) is 6.82. The molecule has 0 saturated carbocycles. The smallest absolute Gasteiger partial charge is 0.268 e. The monoisotopic (exact) mass is 407 g/mol. The molecular weight excluding hydrogens is 394 g/mol. The zero-order chi connectivity index (χ0) is 20.0. The molecule has 0 radical (unpaired) electrons. The van der Waals surface area contributed by atoms with Gasteiger partial charge >= 0.3 is 0 Å². The number of hydrogen-bond acceptors (Lipinski definition) is 7. The van der Waals surface area contributed by atoms with Gasteiger partial charge in [0, 0.05) is 12.1 Å². The molecule has 0 aliphatic rings. The average Bonchev–Trinajstić information content (AvgIpc) is 3.40. The van der Waals surface area contributed by atoms with Crippen molar-refractivity contribution in [1.82, 2.24) is 29.7 Å². The largest absolute Gasteiger partial charge is 0.459 e. The summed E-state index contributed by atoms with van der Waals surface area (Å²) >= 11 is 6.29. The summed E-state index contributed by atoms with van der Waals surface area (Å²) in [5.74, 6) is 1.45. The number of fused-ring (bicyclic) bond motifs is 2. The minimum atomic E-state index is -0.405.